The van der Waals surface area contributed by atoms with Gasteiger partial charge in [0.15, 0.2) is 11.5 Å². The molecule has 2 aromatic rings. The van der Waals surface area contributed by atoms with Crippen molar-refractivity contribution in [1.82, 2.24) is 4.90 Å². The fraction of sp³-hybridized carbons (Fsp3) is 0.450. The Morgan fingerprint density at radius 2 is 1.89 bits per heavy atom. The quantitative estimate of drug-likeness (QED) is 0.712. The van der Waals surface area contributed by atoms with E-state index in [4.69, 9.17) is 25.8 Å². The second kappa shape index (κ2) is 9.03. The van der Waals surface area contributed by atoms with Crippen LogP contribution in [-0.4, -0.2) is 50.4 Å². The molecule has 0 saturated carbocycles. The van der Waals surface area contributed by atoms with Gasteiger partial charge < -0.3 is 19.3 Å². The fourth-order valence-electron chi connectivity index (χ4n) is 3.73. The highest BCUT2D eigenvalue weighted by Crippen LogP contribution is 2.44. The molecule has 6 nitrogen and oxygen atoms in total. The van der Waals surface area contributed by atoms with Gasteiger partial charge >= 0.3 is 5.97 Å². The second-order valence-electron chi connectivity index (χ2n) is 6.68. The molecule has 2 atom stereocenters. The number of likely N-dealkylation sites (tertiary alicyclic amines) is 1. The Kier molecular flexibility index (Phi) is 6.69. The number of carboxylic acid groups (broad SMARTS) is 1. The van der Waals surface area contributed by atoms with Crippen LogP contribution in [0.3, 0.4) is 0 Å². The van der Waals surface area contributed by atoms with E-state index in [2.05, 4.69) is 4.90 Å². The number of carboxylic acids is 1. The first-order chi connectivity index (χ1) is 13.5. The van der Waals surface area contributed by atoms with Gasteiger partial charge in [-0.3, -0.25) is 9.69 Å². The maximum Gasteiger partial charge on any atom is 0.307 e. The van der Waals surface area contributed by atoms with E-state index in [-0.39, 0.29) is 12.0 Å². The number of piperidine rings is 1. The highest BCUT2D eigenvalue weighted by molar-refractivity contribution is 7.16. The van der Waals surface area contributed by atoms with Gasteiger partial charge in [-0.1, -0.05) is 11.6 Å². The summed E-state index contributed by atoms with van der Waals surface area (Å²) in [4.78, 5) is 14.8. The molecule has 1 aliphatic heterocycles. The normalized spacial score (nSPS) is 18.5. The van der Waals surface area contributed by atoms with Gasteiger partial charge in [0.1, 0.15) is 0 Å². The smallest absolute Gasteiger partial charge is 0.307 e. The van der Waals surface area contributed by atoms with E-state index < -0.39 is 5.97 Å². The minimum atomic E-state index is -0.752. The number of ether oxygens (including phenoxy) is 3. The number of methoxy groups -OCH3 is 3. The summed E-state index contributed by atoms with van der Waals surface area (Å²) in [6.07, 6.45) is 1.52. The zero-order valence-electron chi connectivity index (χ0n) is 16.1. The zero-order valence-corrected chi connectivity index (χ0v) is 17.7. The molecule has 28 heavy (non-hydrogen) atoms. The van der Waals surface area contributed by atoms with E-state index >= 15 is 0 Å². The Balaban J connectivity index is 2.08. The first-order valence-corrected chi connectivity index (χ1v) is 10.2. The number of thiophene rings is 1. The van der Waals surface area contributed by atoms with Crippen LogP contribution in [0.15, 0.2) is 24.3 Å². The maximum absolute atomic E-state index is 11.6. The van der Waals surface area contributed by atoms with Gasteiger partial charge in [-0.2, -0.15) is 0 Å². The number of rotatable bonds is 7. The van der Waals surface area contributed by atoms with Gasteiger partial charge in [-0.15, -0.1) is 11.3 Å². The van der Waals surface area contributed by atoms with E-state index in [1.165, 1.54) is 11.3 Å². The van der Waals surface area contributed by atoms with Gasteiger partial charge in [-0.05, 0) is 49.2 Å². The van der Waals surface area contributed by atoms with Gasteiger partial charge in [-0.25, -0.2) is 0 Å². The molecule has 0 radical (unpaired) electrons. The van der Waals surface area contributed by atoms with Crippen LogP contribution < -0.4 is 14.2 Å². The van der Waals surface area contributed by atoms with Gasteiger partial charge in [0.25, 0.3) is 0 Å². The molecule has 152 valence electrons. The van der Waals surface area contributed by atoms with Crippen LogP contribution in [0.2, 0.25) is 4.34 Å². The molecule has 1 aromatic carbocycles. The minimum Gasteiger partial charge on any atom is -0.493 e. The summed E-state index contributed by atoms with van der Waals surface area (Å²) in [5.74, 6) is 0.526. The fourth-order valence-corrected chi connectivity index (χ4v) is 4.96. The third-order valence-corrected chi connectivity index (χ3v) is 6.32. The van der Waals surface area contributed by atoms with E-state index in [1.54, 1.807) is 21.3 Å². The molecule has 2 unspecified atom stereocenters. The minimum absolute atomic E-state index is 0.145. The lowest BCUT2D eigenvalue weighted by atomic mass is 9.94. The SMILES string of the molecule is COc1cc(C(c2ccc(Cl)s2)N2CCCC(C(=O)O)C2)cc(OC)c1OC. The molecule has 2 heterocycles. The standard InChI is InChI=1S/C20H24ClNO5S/c1-25-14-9-13(10-15(26-2)19(14)27-3)18(16-6-7-17(21)28-16)22-8-4-5-12(11-22)20(23)24/h6-7,9-10,12,18H,4-5,8,11H2,1-3H3,(H,23,24). The van der Waals surface area contributed by atoms with E-state index in [1.807, 2.05) is 24.3 Å². The van der Waals surface area contributed by atoms with Crippen molar-refractivity contribution in [3.8, 4) is 17.2 Å². The molecule has 0 spiro atoms. The average Bonchev–Trinajstić information content (AvgIpc) is 3.13. The molecule has 3 rings (SSSR count). The van der Waals surface area contributed by atoms with Gasteiger partial charge in [0.2, 0.25) is 5.75 Å². The predicted molar refractivity (Wildman–Crippen MR) is 109 cm³/mol. The van der Waals surface area contributed by atoms with E-state index in [0.29, 0.717) is 34.6 Å². The third kappa shape index (κ3) is 4.21. The highest BCUT2D eigenvalue weighted by Gasteiger charge is 2.33. The molecule has 0 bridgehead atoms. The maximum atomic E-state index is 11.6. The lowest BCUT2D eigenvalue weighted by Crippen LogP contribution is -2.41. The molecular weight excluding hydrogens is 402 g/mol. The summed E-state index contributed by atoms with van der Waals surface area (Å²) >= 11 is 7.71. The van der Waals surface area contributed by atoms with Crippen molar-refractivity contribution in [2.24, 2.45) is 5.92 Å². The monoisotopic (exact) mass is 425 g/mol. The molecule has 0 amide bonds. The van der Waals surface area contributed by atoms with Crippen LogP contribution >= 0.6 is 22.9 Å². The van der Waals surface area contributed by atoms with Crippen LogP contribution in [0.4, 0.5) is 0 Å². The van der Waals surface area contributed by atoms with Crippen LogP contribution in [-0.2, 0) is 4.79 Å². The lowest BCUT2D eigenvalue weighted by molar-refractivity contribution is -0.143. The van der Waals surface area contributed by atoms with Gasteiger partial charge in [0.05, 0.1) is 37.6 Å². The molecular formula is C20H24ClNO5S. The summed E-state index contributed by atoms with van der Waals surface area (Å²) in [5.41, 5.74) is 0.944. The Bertz CT molecular complexity index is 815. The van der Waals surface area contributed by atoms with Crippen molar-refractivity contribution in [3.63, 3.8) is 0 Å². The molecule has 0 aliphatic carbocycles. The summed E-state index contributed by atoms with van der Waals surface area (Å²) in [7, 11) is 4.73. The molecule has 1 N–H and O–H groups in total. The summed E-state index contributed by atoms with van der Waals surface area (Å²) < 4.78 is 17.2. The number of halogens is 1. The summed E-state index contributed by atoms with van der Waals surface area (Å²) in [5, 5.41) is 9.51. The summed E-state index contributed by atoms with van der Waals surface area (Å²) in [6, 6.07) is 7.55. The number of nitrogens with zero attached hydrogens (tertiary/aromatic N) is 1. The van der Waals surface area contributed by atoms with Crippen LogP contribution in [0.1, 0.15) is 29.3 Å². The molecule has 1 aliphatic rings. The Morgan fingerprint density at radius 3 is 2.39 bits per heavy atom. The van der Waals surface area contributed by atoms with Crippen molar-refractivity contribution >= 4 is 28.9 Å². The van der Waals surface area contributed by atoms with Crippen LogP contribution in [0.25, 0.3) is 0 Å². The first-order valence-electron chi connectivity index (χ1n) is 9.00. The predicted octanol–water partition coefficient (Wildman–Crippen LogP) is 4.31. The second-order valence-corrected chi connectivity index (χ2v) is 8.42. The lowest BCUT2D eigenvalue weighted by Gasteiger charge is -2.37. The first kappa shape index (κ1) is 20.8. The van der Waals surface area contributed by atoms with Crippen molar-refractivity contribution in [2.45, 2.75) is 18.9 Å². The third-order valence-electron chi connectivity index (χ3n) is 5.03. The zero-order chi connectivity index (χ0) is 20.3. The van der Waals surface area contributed by atoms with Gasteiger partial charge in [0, 0.05) is 11.4 Å². The molecule has 1 saturated heterocycles. The Morgan fingerprint density at radius 1 is 1.21 bits per heavy atom. The van der Waals surface area contributed by atoms with Crippen molar-refractivity contribution in [3.05, 3.63) is 39.0 Å². The highest BCUT2D eigenvalue weighted by atomic mass is 35.5. The molecule has 8 heteroatoms. The van der Waals surface area contributed by atoms with E-state index in [9.17, 15) is 9.90 Å². The van der Waals surface area contributed by atoms with Crippen molar-refractivity contribution < 1.29 is 24.1 Å². The topological polar surface area (TPSA) is 68.2 Å². The number of carbonyl (C=O) groups is 1. The van der Waals surface area contributed by atoms with Crippen molar-refractivity contribution in [1.29, 1.82) is 0 Å². The largest absolute Gasteiger partial charge is 0.493 e. The van der Waals surface area contributed by atoms with Crippen molar-refractivity contribution in [2.75, 3.05) is 34.4 Å². The number of benzene rings is 1. The van der Waals surface area contributed by atoms with E-state index in [0.717, 1.165) is 23.4 Å². The average molecular weight is 426 g/mol. The Labute approximate surface area is 173 Å². The molecule has 1 fully saturated rings. The molecule has 1 aromatic heterocycles. The number of aliphatic carboxylic acids is 1. The van der Waals surface area contributed by atoms with Crippen LogP contribution in [0, 0.1) is 5.92 Å². The number of hydrogen-bond donors (Lipinski definition) is 1. The van der Waals surface area contributed by atoms with Crippen LogP contribution in [0.5, 0.6) is 17.2 Å². The number of hydrogen-bond acceptors (Lipinski definition) is 6. The summed E-state index contributed by atoms with van der Waals surface area (Å²) in [6.45, 7) is 1.28. The Hall–Kier alpha value is -1.96.